The zero-order valence-corrected chi connectivity index (χ0v) is 23.7. The van der Waals surface area contributed by atoms with Crippen LogP contribution in [0.1, 0.15) is 62.1 Å². The number of benzene rings is 2. The Kier molecular flexibility index (Phi) is 10.0. The lowest BCUT2D eigenvalue weighted by Gasteiger charge is -2.34. The molecule has 1 aliphatic carbocycles. The molecule has 1 aliphatic rings. The topological polar surface area (TPSA) is 86.8 Å². The number of carbonyl (C=O) groups excluding carboxylic acids is 2. The first kappa shape index (κ1) is 29.0. The minimum atomic E-state index is -3.80. The highest BCUT2D eigenvalue weighted by Crippen LogP contribution is 2.26. The summed E-state index contributed by atoms with van der Waals surface area (Å²) < 4.78 is 26.7. The summed E-state index contributed by atoms with van der Waals surface area (Å²) in [7, 11) is -3.80. The average molecular weight is 548 g/mol. The largest absolute Gasteiger partial charge is 0.352 e. The molecular formula is C28H38ClN3O4S. The summed E-state index contributed by atoms with van der Waals surface area (Å²) in [5.41, 5.74) is 2.93. The summed E-state index contributed by atoms with van der Waals surface area (Å²) in [6, 6.07) is 12.0. The Bertz CT molecular complexity index is 1210. The normalized spacial score (nSPS) is 15.2. The minimum absolute atomic E-state index is 0.106. The molecular weight excluding hydrogens is 510 g/mol. The molecule has 3 rings (SSSR count). The number of hydrogen-bond donors (Lipinski definition) is 1. The van der Waals surface area contributed by atoms with E-state index in [-0.39, 0.29) is 18.5 Å². The Balaban J connectivity index is 1.94. The van der Waals surface area contributed by atoms with E-state index in [9.17, 15) is 18.0 Å². The number of nitrogens with one attached hydrogen (secondary N) is 1. The Morgan fingerprint density at radius 2 is 1.73 bits per heavy atom. The van der Waals surface area contributed by atoms with Crippen LogP contribution in [-0.2, 0) is 26.2 Å². The molecule has 2 aromatic carbocycles. The van der Waals surface area contributed by atoms with Crippen molar-refractivity contribution in [3.63, 3.8) is 0 Å². The van der Waals surface area contributed by atoms with Crippen LogP contribution in [0, 0.1) is 13.8 Å². The quantitative estimate of drug-likeness (QED) is 0.454. The molecule has 9 heteroatoms. The smallest absolute Gasteiger partial charge is 0.244 e. The van der Waals surface area contributed by atoms with E-state index in [4.69, 9.17) is 11.6 Å². The highest BCUT2D eigenvalue weighted by Gasteiger charge is 2.33. The van der Waals surface area contributed by atoms with Crippen molar-refractivity contribution in [3.05, 3.63) is 64.2 Å². The van der Waals surface area contributed by atoms with Crippen LogP contribution < -0.4 is 9.62 Å². The van der Waals surface area contributed by atoms with Gasteiger partial charge in [-0.15, -0.1) is 0 Å². The van der Waals surface area contributed by atoms with E-state index < -0.39 is 28.5 Å². The molecule has 1 N–H and O–H groups in total. The number of nitrogens with zero attached hydrogens (tertiary/aromatic N) is 2. The van der Waals surface area contributed by atoms with E-state index in [0.29, 0.717) is 22.7 Å². The Hall–Kier alpha value is -2.58. The first-order valence-electron chi connectivity index (χ1n) is 12.9. The van der Waals surface area contributed by atoms with Crippen molar-refractivity contribution in [2.24, 2.45) is 0 Å². The Morgan fingerprint density at radius 1 is 1.05 bits per heavy atom. The number of aryl methyl sites for hydroxylation is 2. The van der Waals surface area contributed by atoms with Gasteiger partial charge in [-0.05, 0) is 68.0 Å². The van der Waals surface area contributed by atoms with Gasteiger partial charge < -0.3 is 10.2 Å². The van der Waals surface area contributed by atoms with Crippen molar-refractivity contribution in [1.82, 2.24) is 10.2 Å². The van der Waals surface area contributed by atoms with Gasteiger partial charge in [0.15, 0.2) is 0 Å². The highest BCUT2D eigenvalue weighted by molar-refractivity contribution is 7.92. The van der Waals surface area contributed by atoms with Crippen molar-refractivity contribution in [2.45, 2.75) is 77.9 Å². The van der Waals surface area contributed by atoms with Gasteiger partial charge in [0.05, 0.1) is 11.9 Å². The summed E-state index contributed by atoms with van der Waals surface area (Å²) in [4.78, 5) is 28.9. The molecule has 0 heterocycles. The predicted molar refractivity (Wildman–Crippen MR) is 149 cm³/mol. The van der Waals surface area contributed by atoms with E-state index in [1.54, 1.807) is 25.1 Å². The van der Waals surface area contributed by atoms with Gasteiger partial charge in [0, 0.05) is 17.6 Å². The number of rotatable bonds is 10. The molecule has 0 bridgehead atoms. The lowest BCUT2D eigenvalue weighted by molar-refractivity contribution is -0.140. The summed E-state index contributed by atoms with van der Waals surface area (Å²) in [5, 5.41) is 3.64. The molecule has 2 amide bonds. The summed E-state index contributed by atoms with van der Waals surface area (Å²) in [6.07, 6.45) is 6.70. The fraction of sp³-hybridized carbons (Fsp3) is 0.500. The second kappa shape index (κ2) is 12.8. The highest BCUT2D eigenvalue weighted by atomic mass is 35.5. The van der Waals surface area contributed by atoms with Gasteiger partial charge in [0.2, 0.25) is 21.8 Å². The third kappa shape index (κ3) is 7.71. The third-order valence-corrected chi connectivity index (χ3v) is 8.41. The van der Waals surface area contributed by atoms with E-state index >= 15 is 0 Å². The number of amides is 2. The van der Waals surface area contributed by atoms with Crippen LogP contribution in [0.25, 0.3) is 0 Å². The van der Waals surface area contributed by atoms with Crippen molar-refractivity contribution >= 4 is 39.1 Å². The first-order valence-corrected chi connectivity index (χ1v) is 15.1. The van der Waals surface area contributed by atoms with Crippen LogP contribution in [0.2, 0.25) is 5.02 Å². The number of sulfonamides is 1. The van der Waals surface area contributed by atoms with Gasteiger partial charge >= 0.3 is 0 Å². The predicted octanol–water partition coefficient (Wildman–Crippen LogP) is 4.98. The van der Waals surface area contributed by atoms with Gasteiger partial charge in [-0.25, -0.2) is 8.42 Å². The number of anilines is 1. The van der Waals surface area contributed by atoms with Gasteiger partial charge in [-0.3, -0.25) is 13.9 Å². The van der Waals surface area contributed by atoms with E-state index in [1.165, 1.54) is 11.3 Å². The standard InChI is InChI=1S/C28H38ClN3O4S/c1-5-25(28(34)30-24-13-7-6-8-14-24)31(18-22-12-10-9-11-20(22)2)27(33)19-32(37(4,35)36)26-16-15-23(29)17-21(26)3/h9-12,15-17,24-25H,5-8,13-14,18-19H2,1-4H3,(H,30,34)/t25-/m1/s1. The monoisotopic (exact) mass is 547 g/mol. The second-order valence-corrected chi connectivity index (χ2v) is 12.3. The molecule has 0 spiro atoms. The maximum Gasteiger partial charge on any atom is 0.244 e. The van der Waals surface area contributed by atoms with Crippen LogP contribution in [0.4, 0.5) is 5.69 Å². The second-order valence-electron chi connectivity index (χ2n) is 9.92. The molecule has 1 atom stereocenters. The lowest BCUT2D eigenvalue weighted by atomic mass is 9.95. The van der Waals surface area contributed by atoms with Gasteiger partial charge in [0.1, 0.15) is 12.6 Å². The maximum absolute atomic E-state index is 13.9. The zero-order valence-electron chi connectivity index (χ0n) is 22.2. The molecule has 0 saturated heterocycles. The zero-order chi connectivity index (χ0) is 27.2. The Morgan fingerprint density at radius 3 is 2.32 bits per heavy atom. The molecule has 0 radical (unpaired) electrons. The fourth-order valence-electron chi connectivity index (χ4n) is 4.93. The number of halogens is 1. The first-order chi connectivity index (χ1) is 17.5. The molecule has 0 aliphatic heterocycles. The van der Waals surface area contributed by atoms with Gasteiger partial charge in [-0.2, -0.15) is 0 Å². The van der Waals surface area contributed by atoms with E-state index in [1.807, 2.05) is 38.1 Å². The van der Waals surface area contributed by atoms with Crippen molar-refractivity contribution in [3.8, 4) is 0 Å². The number of carbonyl (C=O) groups is 2. The van der Waals surface area contributed by atoms with Crippen LogP contribution in [0.3, 0.4) is 0 Å². The van der Waals surface area contributed by atoms with Crippen molar-refractivity contribution in [2.75, 3.05) is 17.1 Å². The molecule has 2 aromatic rings. The Labute approximate surface area is 226 Å². The van der Waals surface area contributed by atoms with Gasteiger partial charge in [-0.1, -0.05) is 62.1 Å². The summed E-state index contributed by atoms with van der Waals surface area (Å²) in [5.74, 6) is -0.626. The molecule has 0 aromatic heterocycles. The van der Waals surface area contributed by atoms with Gasteiger partial charge in [0.25, 0.3) is 0 Å². The molecule has 1 fully saturated rings. The molecule has 7 nitrogen and oxygen atoms in total. The number of hydrogen-bond acceptors (Lipinski definition) is 4. The van der Waals surface area contributed by atoms with Crippen LogP contribution in [-0.4, -0.2) is 50.0 Å². The van der Waals surface area contributed by atoms with Crippen LogP contribution in [0.15, 0.2) is 42.5 Å². The molecule has 0 unspecified atom stereocenters. The average Bonchev–Trinajstić information content (AvgIpc) is 2.84. The lowest BCUT2D eigenvalue weighted by Crippen LogP contribution is -2.54. The van der Waals surface area contributed by atoms with Crippen molar-refractivity contribution < 1.29 is 18.0 Å². The fourth-order valence-corrected chi connectivity index (χ4v) is 6.06. The molecule has 1 saturated carbocycles. The minimum Gasteiger partial charge on any atom is -0.352 e. The summed E-state index contributed by atoms with van der Waals surface area (Å²) >= 11 is 6.08. The van der Waals surface area contributed by atoms with E-state index in [0.717, 1.165) is 47.4 Å². The third-order valence-electron chi connectivity index (χ3n) is 7.05. The molecule has 37 heavy (non-hydrogen) atoms. The van der Waals surface area contributed by atoms with Crippen molar-refractivity contribution in [1.29, 1.82) is 0 Å². The maximum atomic E-state index is 13.9. The van der Waals surface area contributed by atoms with Crippen LogP contribution >= 0.6 is 11.6 Å². The van der Waals surface area contributed by atoms with E-state index in [2.05, 4.69) is 5.32 Å². The molecule has 202 valence electrons. The summed E-state index contributed by atoms with van der Waals surface area (Å²) in [6.45, 7) is 5.38. The van der Waals surface area contributed by atoms with Crippen LogP contribution in [0.5, 0.6) is 0 Å². The SMILES string of the molecule is CC[C@H](C(=O)NC1CCCCC1)N(Cc1ccccc1C)C(=O)CN(c1ccc(Cl)cc1C)S(C)(=O)=O.